The van der Waals surface area contributed by atoms with Crippen LogP contribution in [0.15, 0.2) is 42.5 Å². The molecule has 1 saturated heterocycles. The van der Waals surface area contributed by atoms with Crippen LogP contribution >= 0.6 is 23.2 Å². The molecule has 30 heavy (non-hydrogen) atoms. The van der Waals surface area contributed by atoms with Crippen LogP contribution in [0.4, 0.5) is 10.1 Å². The lowest BCUT2D eigenvalue weighted by molar-refractivity contribution is -0.151. The third-order valence-electron chi connectivity index (χ3n) is 5.04. The molecule has 158 valence electrons. The molecule has 8 heteroatoms. The minimum Gasteiger partial charge on any atom is -0.454 e. The monoisotopic (exact) mass is 451 g/mol. The molecule has 2 aromatic carbocycles. The predicted molar refractivity (Wildman–Crippen MR) is 113 cm³/mol. The molecule has 0 saturated carbocycles. The fourth-order valence-electron chi connectivity index (χ4n) is 3.37. The number of anilines is 1. The third-order valence-corrected chi connectivity index (χ3v) is 5.67. The quantitative estimate of drug-likeness (QED) is 0.351. The number of ketones is 1. The fourth-order valence-corrected chi connectivity index (χ4v) is 3.73. The fraction of sp³-hybridized carbons (Fsp3) is 0.318. The summed E-state index contributed by atoms with van der Waals surface area (Å²) in [6.07, 6.45) is -1.01. The van der Waals surface area contributed by atoms with Crippen LogP contribution in [0.25, 0.3) is 0 Å². The minimum absolute atomic E-state index is 0.0247. The molecular formula is C22H20Cl2FNO4. The Morgan fingerprint density at radius 2 is 1.93 bits per heavy atom. The van der Waals surface area contributed by atoms with Crippen molar-refractivity contribution in [1.29, 1.82) is 0 Å². The molecule has 1 fully saturated rings. The lowest BCUT2D eigenvalue weighted by Crippen LogP contribution is -2.32. The first-order valence-corrected chi connectivity index (χ1v) is 10.3. The van der Waals surface area contributed by atoms with Crippen LogP contribution in [0, 0.1) is 18.7 Å². The van der Waals surface area contributed by atoms with E-state index in [2.05, 4.69) is 0 Å². The smallest absolute Gasteiger partial charge is 0.312 e. The number of hydrogen-bond donors (Lipinski definition) is 0. The maximum atomic E-state index is 13.1. The topological polar surface area (TPSA) is 63.7 Å². The molecule has 1 aliphatic rings. The van der Waals surface area contributed by atoms with Crippen molar-refractivity contribution in [3.8, 4) is 0 Å². The molecule has 0 spiro atoms. The second-order valence-corrected chi connectivity index (χ2v) is 7.85. The zero-order valence-electron chi connectivity index (χ0n) is 16.2. The highest BCUT2D eigenvalue weighted by atomic mass is 35.5. The number of ether oxygens (including phenoxy) is 1. The Morgan fingerprint density at radius 1 is 1.23 bits per heavy atom. The Morgan fingerprint density at radius 3 is 2.60 bits per heavy atom. The number of carbonyl (C=O) groups excluding carboxylic acids is 3. The average Bonchev–Trinajstić information content (AvgIpc) is 3.11. The number of esters is 1. The Bertz CT molecular complexity index is 964. The minimum atomic E-state index is -1.10. The van der Waals surface area contributed by atoms with E-state index in [9.17, 15) is 18.8 Å². The number of alkyl halides is 1. The van der Waals surface area contributed by atoms with Crippen molar-refractivity contribution in [2.45, 2.75) is 25.9 Å². The van der Waals surface area contributed by atoms with Gasteiger partial charge in [0.05, 0.1) is 5.92 Å². The van der Waals surface area contributed by atoms with Crippen LogP contribution in [0.2, 0.25) is 5.02 Å². The van der Waals surface area contributed by atoms with E-state index in [-0.39, 0.29) is 36.7 Å². The Kier molecular flexibility index (Phi) is 7.10. The summed E-state index contributed by atoms with van der Waals surface area (Å²) in [6, 6.07) is 10.2. The number of benzene rings is 2. The second kappa shape index (κ2) is 9.58. The van der Waals surface area contributed by atoms with E-state index in [1.54, 1.807) is 25.1 Å². The first-order chi connectivity index (χ1) is 14.3. The molecule has 0 aliphatic carbocycles. The van der Waals surface area contributed by atoms with Gasteiger partial charge in [0.2, 0.25) is 11.7 Å². The second-order valence-electron chi connectivity index (χ2n) is 7.06. The third kappa shape index (κ3) is 4.82. The number of rotatable bonds is 7. The van der Waals surface area contributed by atoms with Crippen LogP contribution in [0.5, 0.6) is 0 Å². The standard InChI is InChI=1S/C22H20Cl2FNO4/c1-13-17(24)3-2-4-18(13)26-12-15(11-20(26)27)22(29)30-19(9-10-23)21(28)14-5-7-16(25)8-6-14/h2-8,15,19H,9-12H2,1H3/t15-,19-/m0/s1. The van der Waals surface area contributed by atoms with Gasteiger partial charge in [0.15, 0.2) is 6.10 Å². The normalized spacial score (nSPS) is 17.1. The maximum Gasteiger partial charge on any atom is 0.312 e. The SMILES string of the molecule is Cc1c(Cl)cccc1N1C[C@@H](C(=O)O[C@@H](CCCl)C(=O)c2ccc(F)cc2)CC1=O. The van der Waals surface area contributed by atoms with Gasteiger partial charge in [0.1, 0.15) is 5.82 Å². The summed E-state index contributed by atoms with van der Waals surface area (Å²) in [4.78, 5) is 39.4. The molecule has 5 nitrogen and oxygen atoms in total. The Balaban J connectivity index is 1.72. The highest BCUT2D eigenvalue weighted by Crippen LogP contribution is 2.32. The molecule has 2 atom stereocenters. The molecule has 1 amide bonds. The molecule has 0 radical (unpaired) electrons. The van der Waals surface area contributed by atoms with E-state index < -0.39 is 29.6 Å². The van der Waals surface area contributed by atoms with Gasteiger partial charge in [-0.2, -0.15) is 0 Å². The molecular weight excluding hydrogens is 432 g/mol. The summed E-state index contributed by atoms with van der Waals surface area (Å²) in [6.45, 7) is 1.94. The Hall–Kier alpha value is -2.44. The van der Waals surface area contributed by atoms with E-state index >= 15 is 0 Å². The van der Waals surface area contributed by atoms with E-state index in [1.807, 2.05) is 0 Å². The molecule has 0 N–H and O–H groups in total. The molecule has 0 bridgehead atoms. The number of amides is 1. The van der Waals surface area contributed by atoms with Gasteiger partial charge in [-0.3, -0.25) is 14.4 Å². The lowest BCUT2D eigenvalue weighted by atomic mass is 10.0. The van der Waals surface area contributed by atoms with Gasteiger partial charge in [0.25, 0.3) is 0 Å². The first-order valence-electron chi connectivity index (χ1n) is 9.43. The zero-order valence-corrected chi connectivity index (χ0v) is 17.8. The van der Waals surface area contributed by atoms with Gasteiger partial charge < -0.3 is 9.64 Å². The number of nitrogens with zero attached hydrogens (tertiary/aromatic N) is 1. The number of carbonyl (C=O) groups is 3. The van der Waals surface area contributed by atoms with E-state index in [0.717, 1.165) is 17.7 Å². The van der Waals surface area contributed by atoms with Crippen LogP contribution in [0.3, 0.4) is 0 Å². The predicted octanol–water partition coefficient (Wildman–Crippen LogP) is 4.56. The van der Waals surface area contributed by atoms with Crippen molar-refractivity contribution in [2.24, 2.45) is 5.92 Å². The molecule has 2 aromatic rings. The molecule has 1 aliphatic heterocycles. The van der Waals surface area contributed by atoms with Gasteiger partial charge >= 0.3 is 5.97 Å². The van der Waals surface area contributed by atoms with Crippen molar-refractivity contribution < 1.29 is 23.5 Å². The summed E-state index contributed by atoms with van der Waals surface area (Å²) in [5.41, 5.74) is 1.61. The summed E-state index contributed by atoms with van der Waals surface area (Å²) in [7, 11) is 0. The van der Waals surface area contributed by atoms with Gasteiger partial charge in [0, 0.05) is 41.5 Å². The van der Waals surface area contributed by atoms with Gasteiger partial charge in [-0.25, -0.2) is 4.39 Å². The van der Waals surface area contributed by atoms with Gasteiger partial charge in [-0.15, -0.1) is 11.6 Å². The largest absolute Gasteiger partial charge is 0.454 e. The molecule has 0 aromatic heterocycles. The summed E-state index contributed by atoms with van der Waals surface area (Å²) in [5.74, 6) is -2.41. The first kappa shape index (κ1) is 22.2. The highest BCUT2D eigenvalue weighted by molar-refractivity contribution is 6.31. The Labute approximate surface area is 183 Å². The van der Waals surface area contributed by atoms with Crippen LogP contribution in [-0.2, 0) is 14.3 Å². The molecule has 1 heterocycles. The highest BCUT2D eigenvalue weighted by Gasteiger charge is 2.38. The summed E-state index contributed by atoms with van der Waals surface area (Å²) in [5, 5.41) is 0.526. The van der Waals surface area contributed by atoms with Gasteiger partial charge in [-0.1, -0.05) is 17.7 Å². The van der Waals surface area contributed by atoms with Crippen molar-refractivity contribution in [2.75, 3.05) is 17.3 Å². The average molecular weight is 452 g/mol. The molecule has 3 rings (SSSR count). The number of halogens is 3. The van der Waals surface area contributed by atoms with Crippen molar-refractivity contribution in [3.05, 3.63) is 64.4 Å². The van der Waals surface area contributed by atoms with E-state index in [1.165, 1.54) is 17.0 Å². The number of Topliss-reactive ketones (excluding diaryl/α,β-unsaturated/α-hetero) is 1. The zero-order chi connectivity index (χ0) is 21.8. The summed E-state index contributed by atoms with van der Waals surface area (Å²) < 4.78 is 18.6. The maximum absolute atomic E-state index is 13.1. The number of hydrogen-bond acceptors (Lipinski definition) is 4. The van der Waals surface area contributed by atoms with Crippen molar-refractivity contribution >= 4 is 46.5 Å². The van der Waals surface area contributed by atoms with E-state index in [4.69, 9.17) is 27.9 Å². The van der Waals surface area contributed by atoms with Crippen molar-refractivity contribution in [1.82, 2.24) is 0 Å². The lowest BCUT2D eigenvalue weighted by Gasteiger charge is -2.21. The van der Waals surface area contributed by atoms with Gasteiger partial charge in [-0.05, 0) is 48.9 Å². The van der Waals surface area contributed by atoms with Crippen LogP contribution in [0.1, 0.15) is 28.8 Å². The summed E-state index contributed by atoms with van der Waals surface area (Å²) >= 11 is 11.9. The molecule has 0 unspecified atom stereocenters. The van der Waals surface area contributed by atoms with Crippen LogP contribution in [-0.4, -0.2) is 36.2 Å². The van der Waals surface area contributed by atoms with Crippen LogP contribution < -0.4 is 4.90 Å². The van der Waals surface area contributed by atoms with E-state index in [0.29, 0.717) is 10.7 Å². The van der Waals surface area contributed by atoms with Crippen molar-refractivity contribution in [3.63, 3.8) is 0 Å².